The summed E-state index contributed by atoms with van der Waals surface area (Å²) in [7, 11) is 0. The first-order valence-electron chi connectivity index (χ1n) is 9.18. The van der Waals surface area contributed by atoms with Gasteiger partial charge in [-0.1, -0.05) is 24.3 Å². The zero-order chi connectivity index (χ0) is 19.0. The second kappa shape index (κ2) is 7.21. The Morgan fingerprint density at radius 1 is 0.963 bits per heavy atom. The maximum atomic E-state index is 13.6. The SMILES string of the molecule is Cc1ccccc1CN1CCN(CN2C(=O)C(=O)c3ccc(F)cc32)CC1. The largest absolute Gasteiger partial charge is 0.300 e. The zero-order valence-corrected chi connectivity index (χ0v) is 15.3. The Bertz CT molecular complexity index is 891. The number of piperazine rings is 1. The van der Waals surface area contributed by atoms with Crippen molar-refractivity contribution in [3.05, 3.63) is 65.0 Å². The van der Waals surface area contributed by atoms with Gasteiger partial charge in [-0.15, -0.1) is 0 Å². The molecule has 2 aromatic rings. The van der Waals surface area contributed by atoms with E-state index in [2.05, 4.69) is 34.9 Å². The minimum absolute atomic E-state index is 0.291. The van der Waals surface area contributed by atoms with Crippen LogP contribution in [-0.4, -0.2) is 54.3 Å². The van der Waals surface area contributed by atoms with E-state index < -0.39 is 17.5 Å². The Morgan fingerprint density at radius 3 is 2.41 bits per heavy atom. The number of halogens is 1. The standard InChI is InChI=1S/C21H22FN3O2/c1-15-4-2-3-5-16(15)13-23-8-10-24(11-9-23)14-25-19-12-17(22)6-7-18(19)20(26)21(25)27/h2-7,12H,8-11,13-14H2,1H3. The van der Waals surface area contributed by atoms with Crippen molar-refractivity contribution in [3.63, 3.8) is 0 Å². The van der Waals surface area contributed by atoms with Gasteiger partial charge in [0.1, 0.15) is 5.82 Å². The highest BCUT2D eigenvalue weighted by Gasteiger charge is 2.37. The first kappa shape index (κ1) is 17.8. The minimum atomic E-state index is -0.571. The maximum absolute atomic E-state index is 13.6. The number of rotatable bonds is 4. The van der Waals surface area contributed by atoms with Crippen LogP contribution in [0.5, 0.6) is 0 Å². The van der Waals surface area contributed by atoms with Crippen molar-refractivity contribution >= 4 is 17.4 Å². The highest BCUT2D eigenvalue weighted by molar-refractivity contribution is 6.52. The third-order valence-electron chi connectivity index (χ3n) is 5.40. The number of hydrogen-bond donors (Lipinski definition) is 0. The van der Waals surface area contributed by atoms with Crippen LogP contribution in [-0.2, 0) is 11.3 Å². The van der Waals surface area contributed by atoms with Crippen molar-refractivity contribution in [3.8, 4) is 0 Å². The molecule has 0 bridgehead atoms. The fourth-order valence-electron chi connectivity index (χ4n) is 3.72. The van der Waals surface area contributed by atoms with Gasteiger partial charge in [0, 0.05) is 32.7 Å². The third-order valence-corrected chi connectivity index (χ3v) is 5.40. The van der Waals surface area contributed by atoms with E-state index in [1.807, 2.05) is 6.07 Å². The summed E-state index contributed by atoms with van der Waals surface area (Å²) in [6.07, 6.45) is 0. The lowest BCUT2D eigenvalue weighted by molar-refractivity contribution is -0.114. The topological polar surface area (TPSA) is 43.9 Å². The van der Waals surface area contributed by atoms with Gasteiger partial charge in [0.05, 0.1) is 17.9 Å². The van der Waals surface area contributed by atoms with E-state index >= 15 is 0 Å². The molecular formula is C21H22FN3O2. The van der Waals surface area contributed by atoms with E-state index in [9.17, 15) is 14.0 Å². The van der Waals surface area contributed by atoms with Crippen LogP contribution in [0.15, 0.2) is 42.5 Å². The lowest BCUT2D eigenvalue weighted by atomic mass is 10.1. The molecule has 0 aromatic heterocycles. The average molecular weight is 367 g/mol. The van der Waals surface area contributed by atoms with E-state index in [-0.39, 0.29) is 0 Å². The maximum Gasteiger partial charge on any atom is 0.300 e. The van der Waals surface area contributed by atoms with Crippen molar-refractivity contribution in [2.45, 2.75) is 13.5 Å². The Kier molecular flexibility index (Phi) is 4.76. The number of amides is 1. The molecule has 2 aromatic carbocycles. The van der Waals surface area contributed by atoms with Crippen molar-refractivity contribution in [1.82, 2.24) is 9.80 Å². The number of carbonyl (C=O) groups is 2. The van der Waals surface area contributed by atoms with Crippen LogP contribution >= 0.6 is 0 Å². The molecule has 1 saturated heterocycles. The van der Waals surface area contributed by atoms with Crippen LogP contribution in [0.2, 0.25) is 0 Å². The quantitative estimate of drug-likeness (QED) is 0.779. The predicted octanol–water partition coefficient (Wildman–Crippen LogP) is 2.44. The van der Waals surface area contributed by atoms with Crippen molar-refractivity contribution in [1.29, 1.82) is 0 Å². The molecule has 4 rings (SSSR count). The third kappa shape index (κ3) is 3.50. The molecule has 140 valence electrons. The summed E-state index contributed by atoms with van der Waals surface area (Å²) in [6, 6.07) is 12.3. The average Bonchev–Trinajstić information content (AvgIpc) is 2.89. The van der Waals surface area contributed by atoms with Crippen LogP contribution in [0.1, 0.15) is 21.5 Å². The summed E-state index contributed by atoms with van der Waals surface area (Å²) in [5, 5.41) is 0. The molecule has 0 unspecified atom stereocenters. The highest BCUT2D eigenvalue weighted by Crippen LogP contribution is 2.30. The summed E-state index contributed by atoms with van der Waals surface area (Å²) in [5.74, 6) is -1.56. The molecular weight excluding hydrogens is 345 g/mol. The first-order valence-corrected chi connectivity index (χ1v) is 9.18. The number of Topliss-reactive ketones (excluding diaryl/α,β-unsaturated/α-hetero) is 1. The molecule has 27 heavy (non-hydrogen) atoms. The highest BCUT2D eigenvalue weighted by atomic mass is 19.1. The molecule has 0 spiro atoms. The van der Waals surface area contributed by atoms with E-state index in [1.165, 1.54) is 34.2 Å². The molecule has 0 saturated carbocycles. The van der Waals surface area contributed by atoms with E-state index in [0.717, 1.165) is 32.7 Å². The Morgan fingerprint density at radius 2 is 1.67 bits per heavy atom. The van der Waals surface area contributed by atoms with Gasteiger partial charge in [-0.05, 0) is 36.2 Å². The molecule has 1 fully saturated rings. The van der Waals surface area contributed by atoms with Crippen LogP contribution in [0.3, 0.4) is 0 Å². The number of ketones is 1. The van der Waals surface area contributed by atoms with Crippen LogP contribution < -0.4 is 4.90 Å². The second-order valence-corrected chi connectivity index (χ2v) is 7.19. The number of nitrogens with zero attached hydrogens (tertiary/aromatic N) is 3. The van der Waals surface area contributed by atoms with Crippen LogP contribution in [0, 0.1) is 12.7 Å². The Hall–Kier alpha value is -2.57. The number of carbonyl (C=O) groups excluding carboxylic acids is 2. The monoisotopic (exact) mass is 367 g/mol. The zero-order valence-electron chi connectivity index (χ0n) is 15.3. The molecule has 0 aliphatic carbocycles. The number of fused-ring (bicyclic) bond motifs is 1. The number of anilines is 1. The van der Waals surface area contributed by atoms with Gasteiger partial charge in [0.2, 0.25) is 0 Å². The molecule has 2 heterocycles. The van der Waals surface area contributed by atoms with Crippen molar-refractivity contribution in [2.24, 2.45) is 0 Å². The number of aryl methyl sites for hydroxylation is 1. The van der Waals surface area contributed by atoms with Gasteiger partial charge in [-0.2, -0.15) is 0 Å². The molecule has 6 heteroatoms. The molecule has 2 aliphatic heterocycles. The molecule has 2 aliphatic rings. The second-order valence-electron chi connectivity index (χ2n) is 7.19. The molecule has 0 radical (unpaired) electrons. The predicted molar refractivity (Wildman–Crippen MR) is 101 cm³/mol. The lowest BCUT2D eigenvalue weighted by Gasteiger charge is -2.36. The van der Waals surface area contributed by atoms with Gasteiger partial charge in [-0.3, -0.25) is 24.3 Å². The summed E-state index contributed by atoms with van der Waals surface area (Å²) in [4.78, 5) is 30.3. The summed E-state index contributed by atoms with van der Waals surface area (Å²) < 4.78 is 13.6. The number of hydrogen-bond acceptors (Lipinski definition) is 4. The lowest BCUT2D eigenvalue weighted by Crippen LogP contribution is -2.50. The van der Waals surface area contributed by atoms with Gasteiger partial charge in [-0.25, -0.2) is 4.39 Å². The summed E-state index contributed by atoms with van der Waals surface area (Å²) >= 11 is 0. The summed E-state index contributed by atoms with van der Waals surface area (Å²) in [6.45, 7) is 6.73. The fraction of sp³-hybridized carbons (Fsp3) is 0.333. The van der Waals surface area contributed by atoms with Crippen LogP contribution in [0.4, 0.5) is 10.1 Å². The normalized spacial score (nSPS) is 18.2. The van der Waals surface area contributed by atoms with Gasteiger partial charge in [0.25, 0.3) is 5.78 Å². The molecule has 1 amide bonds. The summed E-state index contributed by atoms with van der Waals surface area (Å²) in [5.41, 5.74) is 3.29. The minimum Gasteiger partial charge on any atom is -0.297 e. The smallest absolute Gasteiger partial charge is 0.297 e. The van der Waals surface area contributed by atoms with Gasteiger partial charge >= 0.3 is 5.91 Å². The molecule has 5 nitrogen and oxygen atoms in total. The first-order chi connectivity index (χ1) is 13.0. The fourth-order valence-corrected chi connectivity index (χ4v) is 3.72. The van der Waals surface area contributed by atoms with Gasteiger partial charge < -0.3 is 0 Å². The molecule has 0 N–H and O–H groups in total. The van der Waals surface area contributed by atoms with E-state index in [1.54, 1.807) is 0 Å². The Balaban J connectivity index is 1.39. The van der Waals surface area contributed by atoms with E-state index in [0.29, 0.717) is 17.9 Å². The van der Waals surface area contributed by atoms with Crippen LogP contribution in [0.25, 0.3) is 0 Å². The van der Waals surface area contributed by atoms with Crippen molar-refractivity contribution < 1.29 is 14.0 Å². The molecule has 0 atom stereocenters. The van der Waals surface area contributed by atoms with E-state index in [4.69, 9.17) is 0 Å². The number of benzene rings is 2. The Labute approximate surface area is 158 Å². The van der Waals surface area contributed by atoms with Gasteiger partial charge in [0.15, 0.2) is 0 Å². The van der Waals surface area contributed by atoms with Crippen molar-refractivity contribution in [2.75, 3.05) is 37.7 Å².